The molecule has 0 fully saturated rings. The predicted molar refractivity (Wildman–Crippen MR) is 94.0 cm³/mol. The van der Waals surface area contributed by atoms with Crippen molar-refractivity contribution in [3.8, 4) is 0 Å². The van der Waals surface area contributed by atoms with Gasteiger partial charge in [0.15, 0.2) is 0 Å². The molecule has 2 aromatic carbocycles. The van der Waals surface area contributed by atoms with Crippen LogP contribution in [0.4, 0.5) is 0 Å². The fourth-order valence-corrected chi connectivity index (χ4v) is 2.99. The topological polar surface area (TPSA) is 57.7 Å². The number of nitrogens with zero attached hydrogens (tertiary/aromatic N) is 2. The van der Waals surface area contributed by atoms with Crippen molar-refractivity contribution < 1.29 is 14.4 Å². The fraction of sp³-hybridized carbons (Fsp3) is 0.250. The van der Waals surface area contributed by atoms with Gasteiger partial charge in [-0.15, -0.1) is 0 Å². The molecule has 2 aromatic rings. The Balaban J connectivity index is 1.62. The van der Waals surface area contributed by atoms with E-state index in [1.165, 1.54) is 4.90 Å². The number of hydrogen-bond acceptors (Lipinski definition) is 3. The largest absolute Gasteiger partial charge is 0.339 e. The van der Waals surface area contributed by atoms with E-state index in [1.54, 1.807) is 29.2 Å². The molecule has 1 aliphatic heterocycles. The molecule has 5 heteroatoms. The first kappa shape index (κ1) is 16.9. The molecule has 128 valence electrons. The highest BCUT2D eigenvalue weighted by atomic mass is 16.2. The number of carbonyl (C=O) groups is 3. The maximum absolute atomic E-state index is 12.5. The van der Waals surface area contributed by atoms with Crippen LogP contribution in [0, 0.1) is 0 Å². The Morgan fingerprint density at radius 3 is 2.04 bits per heavy atom. The highest BCUT2D eigenvalue weighted by molar-refractivity contribution is 6.21. The van der Waals surface area contributed by atoms with Gasteiger partial charge in [0.25, 0.3) is 11.8 Å². The molecule has 0 saturated carbocycles. The molecule has 0 atom stereocenters. The highest BCUT2D eigenvalue weighted by Gasteiger charge is 2.35. The molecule has 3 rings (SSSR count). The van der Waals surface area contributed by atoms with Crippen LogP contribution in [0.15, 0.2) is 54.6 Å². The van der Waals surface area contributed by atoms with Crippen LogP contribution in [0.2, 0.25) is 0 Å². The third kappa shape index (κ3) is 3.45. The molecule has 0 bridgehead atoms. The minimum absolute atomic E-state index is 0.0668. The smallest absolute Gasteiger partial charge is 0.261 e. The lowest BCUT2D eigenvalue weighted by Crippen LogP contribution is -2.36. The summed E-state index contributed by atoms with van der Waals surface area (Å²) in [5, 5.41) is 0. The lowest BCUT2D eigenvalue weighted by Gasteiger charge is -2.22. The summed E-state index contributed by atoms with van der Waals surface area (Å²) >= 11 is 0. The summed E-state index contributed by atoms with van der Waals surface area (Å²) in [6, 6.07) is 16.5. The van der Waals surface area contributed by atoms with Gasteiger partial charge in [0.05, 0.1) is 11.1 Å². The molecule has 0 unspecified atom stereocenters. The van der Waals surface area contributed by atoms with Crippen molar-refractivity contribution in [3.05, 3.63) is 71.3 Å². The Morgan fingerprint density at radius 1 is 0.920 bits per heavy atom. The molecule has 0 saturated heterocycles. The summed E-state index contributed by atoms with van der Waals surface area (Å²) < 4.78 is 0. The summed E-state index contributed by atoms with van der Waals surface area (Å²) in [5.74, 6) is -0.707. The average molecular weight is 336 g/mol. The summed E-state index contributed by atoms with van der Waals surface area (Å²) in [5.41, 5.74) is 1.88. The van der Waals surface area contributed by atoms with Crippen LogP contribution in [0.1, 0.15) is 39.6 Å². The van der Waals surface area contributed by atoms with Crippen molar-refractivity contribution in [2.75, 3.05) is 13.1 Å². The van der Waals surface area contributed by atoms with Crippen LogP contribution in [0.5, 0.6) is 0 Å². The van der Waals surface area contributed by atoms with E-state index >= 15 is 0 Å². The molecule has 25 heavy (non-hydrogen) atoms. The minimum Gasteiger partial charge on any atom is -0.339 e. The molecule has 0 aliphatic carbocycles. The highest BCUT2D eigenvalue weighted by Crippen LogP contribution is 2.22. The average Bonchev–Trinajstić information content (AvgIpc) is 2.89. The van der Waals surface area contributed by atoms with E-state index in [1.807, 2.05) is 37.3 Å². The molecular formula is C20H20N2O3. The molecule has 0 aromatic heterocycles. The van der Waals surface area contributed by atoms with Gasteiger partial charge < -0.3 is 4.90 Å². The second-order valence-corrected chi connectivity index (χ2v) is 5.95. The van der Waals surface area contributed by atoms with Gasteiger partial charge in [-0.05, 0) is 24.6 Å². The Hall–Kier alpha value is -2.95. The zero-order valence-corrected chi connectivity index (χ0v) is 14.1. The lowest BCUT2D eigenvalue weighted by atomic mass is 10.1. The summed E-state index contributed by atoms with van der Waals surface area (Å²) in [7, 11) is 0. The number of imide groups is 1. The third-order valence-corrected chi connectivity index (χ3v) is 4.38. The fourth-order valence-electron chi connectivity index (χ4n) is 2.99. The number of carbonyl (C=O) groups excluding carboxylic acids is 3. The van der Waals surface area contributed by atoms with Crippen LogP contribution in [0.3, 0.4) is 0 Å². The van der Waals surface area contributed by atoms with E-state index in [0.29, 0.717) is 24.2 Å². The number of fused-ring (bicyclic) bond motifs is 1. The molecule has 1 heterocycles. The SMILES string of the molecule is CCN(Cc1ccccc1)C(=O)CCN1C(=O)c2ccccc2C1=O. The van der Waals surface area contributed by atoms with E-state index < -0.39 is 0 Å². The number of amides is 3. The number of benzene rings is 2. The standard InChI is InChI=1S/C20H20N2O3/c1-2-21(14-15-8-4-3-5-9-15)18(23)12-13-22-19(24)16-10-6-7-11-17(16)20(22)25/h3-11H,2,12-14H2,1H3. The van der Waals surface area contributed by atoms with E-state index in [9.17, 15) is 14.4 Å². The van der Waals surface area contributed by atoms with E-state index in [0.717, 1.165) is 5.56 Å². The second-order valence-electron chi connectivity index (χ2n) is 5.95. The first-order valence-electron chi connectivity index (χ1n) is 8.38. The Kier molecular flexibility index (Phi) is 4.93. The van der Waals surface area contributed by atoms with E-state index in [4.69, 9.17) is 0 Å². The molecule has 1 aliphatic rings. The van der Waals surface area contributed by atoms with Crippen molar-refractivity contribution in [2.24, 2.45) is 0 Å². The van der Waals surface area contributed by atoms with Crippen molar-refractivity contribution in [2.45, 2.75) is 19.9 Å². The zero-order valence-electron chi connectivity index (χ0n) is 14.1. The van der Waals surface area contributed by atoms with E-state index in [-0.39, 0.29) is 30.7 Å². The Bertz CT molecular complexity index is 767. The van der Waals surface area contributed by atoms with Crippen LogP contribution < -0.4 is 0 Å². The van der Waals surface area contributed by atoms with Gasteiger partial charge in [0.1, 0.15) is 0 Å². The van der Waals surface area contributed by atoms with Crippen LogP contribution in [-0.4, -0.2) is 40.6 Å². The van der Waals surface area contributed by atoms with Crippen molar-refractivity contribution in [3.63, 3.8) is 0 Å². The number of hydrogen-bond donors (Lipinski definition) is 0. The van der Waals surface area contributed by atoms with Crippen molar-refractivity contribution in [1.82, 2.24) is 9.80 Å². The lowest BCUT2D eigenvalue weighted by molar-refractivity contribution is -0.131. The molecule has 0 N–H and O–H groups in total. The third-order valence-electron chi connectivity index (χ3n) is 4.38. The monoisotopic (exact) mass is 336 g/mol. The van der Waals surface area contributed by atoms with E-state index in [2.05, 4.69) is 0 Å². The van der Waals surface area contributed by atoms with Gasteiger partial charge in [-0.3, -0.25) is 19.3 Å². The van der Waals surface area contributed by atoms with Crippen LogP contribution in [-0.2, 0) is 11.3 Å². The van der Waals surface area contributed by atoms with Crippen molar-refractivity contribution in [1.29, 1.82) is 0 Å². The molecule has 0 spiro atoms. The quantitative estimate of drug-likeness (QED) is 0.762. The van der Waals surface area contributed by atoms with Gasteiger partial charge in [-0.2, -0.15) is 0 Å². The minimum atomic E-state index is -0.320. The molecular weight excluding hydrogens is 316 g/mol. The van der Waals surface area contributed by atoms with Crippen LogP contribution >= 0.6 is 0 Å². The van der Waals surface area contributed by atoms with Crippen molar-refractivity contribution >= 4 is 17.7 Å². The second kappa shape index (κ2) is 7.30. The Labute approximate surface area is 146 Å². The molecule has 5 nitrogen and oxygen atoms in total. The summed E-state index contributed by atoms with van der Waals surface area (Å²) in [4.78, 5) is 40.1. The normalized spacial score (nSPS) is 13.1. The molecule has 3 amide bonds. The van der Waals surface area contributed by atoms with Gasteiger partial charge in [0.2, 0.25) is 5.91 Å². The van der Waals surface area contributed by atoms with Gasteiger partial charge >= 0.3 is 0 Å². The first-order valence-corrected chi connectivity index (χ1v) is 8.38. The summed E-state index contributed by atoms with van der Waals surface area (Å²) in [6.45, 7) is 3.13. The number of rotatable bonds is 6. The maximum Gasteiger partial charge on any atom is 0.261 e. The summed E-state index contributed by atoms with van der Waals surface area (Å²) in [6.07, 6.45) is 0.131. The zero-order chi connectivity index (χ0) is 17.8. The molecule has 0 radical (unpaired) electrons. The first-order chi connectivity index (χ1) is 12.1. The predicted octanol–water partition coefficient (Wildman–Crippen LogP) is 2.72. The van der Waals surface area contributed by atoms with Crippen LogP contribution in [0.25, 0.3) is 0 Å². The Morgan fingerprint density at radius 2 is 1.48 bits per heavy atom. The van der Waals surface area contributed by atoms with Gasteiger partial charge in [-0.25, -0.2) is 0 Å². The van der Waals surface area contributed by atoms with Gasteiger partial charge in [0, 0.05) is 26.1 Å². The van der Waals surface area contributed by atoms with Gasteiger partial charge in [-0.1, -0.05) is 42.5 Å². The maximum atomic E-state index is 12.5.